The summed E-state index contributed by atoms with van der Waals surface area (Å²) in [5, 5.41) is 22.2. The van der Waals surface area contributed by atoms with Crippen LogP contribution in [-0.4, -0.2) is 26.0 Å². The van der Waals surface area contributed by atoms with Crippen molar-refractivity contribution in [2.75, 3.05) is 5.32 Å². The first-order valence-corrected chi connectivity index (χ1v) is 5.59. The molecule has 0 aromatic carbocycles. The number of carboxylic acids is 1. The minimum atomic E-state index is -1.08. The number of hydrogen-bond donors (Lipinski definition) is 2. The first-order chi connectivity index (χ1) is 9.56. The Morgan fingerprint density at radius 3 is 2.55 bits per heavy atom. The summed E-state index contributed by atoms with van der Waals surface area (Å²) < 4.78 is 0. The van der Waals surface area contributed by atoms with E-state index in [1.807, 2.05) is 0 Å². The summed E-state index contributed by atoms with van der Waals surface area (Å²) in [6.07, 6.45) is 2.81. The highest BCUT2D eigenvalue weighted by Gasteiger charge is 2.06. The van der Waals surface area contributed by atoms with Crippen LogP contribution in [0.3, 0.4) is 0 Å². The average Bonchev–Trinajstić information content (AvgIpc) is 2.46. The van der Waals surface area contributed by atoms with Crippen LogP contribution in [0.25, 0.3) is 0 Å². The molecule has 0 bridgehead atoms. The topological polar surface area (TPSA) is 118 Å². The van der Waals surface area contributed by atoms with E-state index in [1.165, 1.54) is 24.5 Å². The maximum Gasteiger partial charge on any atom is 0.363 e. The fourth-order valence-electron chi connectivity index (χ4n) is 1.46. The molecule has 2 heterocycles. The third-order valence-corrected chi connectivity index (χ3v) is 2.48. The second-order valence-corrected chi connectivity index (χ2v) is 3.87. The Bertz CT molecular complexity index is 567. The second-order valence-electron chi connectivity index (χ2n) is 3.87. The number of nitrogens with one attached hydrogen (secondary N) is 1. The molecule has 0 radical (unpaired) electrons. The van der Waals surface area contributed by atoms with Crippen LogP contribution in [0.1, 0.15) is 16.1 Å². The van der Waals surface area contributed by atoms with Gasteiger partial charge in [0.25, 0.3) is 0 Å². The van der Waals surface area contributed by atoms with E-state index in [2.05, 4.69) is 15.3 Å². The Morgan fingerprint density at radius 1 is 1.25 bits per heavy atom. The molecule has 2 rings (SSSR count). The maximum absolute atomic E-state index is 10.6. The molecule has 0 amide bonds. The van der Waals surface area contributed by atoms with Gasteiger partial charge in [0.2, 0.25) is 0 Å². The number of nitro groups is 1. The molecule has 0 fully saturated rings. The number of carboxylic acid groups (broad SMARTS) is 1. The molecule has 0 aliphatic carbocycles. The first kappa shape index (κ1) is 13.4. The highest BCUT2D eigenvalue weighted by atomic mass is 16.6. The van der Waals surface area contributed by atoms with Crippen molar-refractivity contribution in [1.82, 2.24) is 9.97 Å². The van der Waals surface area contributed by atoms with E-state index in [1.54, 1.807) is 12.1 Å². The molecular weight excluding hydrogens is 264 g/mol. The predicted octanol–water partition coefficient (Wildman–Crippen LogP) is 1.70. The van der Waals surface area contributed by atoms with Crippen LogP contribution in [-0.2, 0) is 6.54 Å². The summed E-state index contributed by atoms with van der Waals surface area (Å²) in [6.45, 7) is 0.409. The maximum atomic E-state index is 10.6. The van der Waals surface area contributed by atoms with Gasteiger partial charge in [-0.15, -0.1) is 0 Å². The van der Waals surface area contributed by atoms with Gasteiger partial charge >= 0.3 is 11.8 Å². The SMILES string of the molecule is O=C(O)c1ccc(CNc2ccc([N+](=O)[O-])nc2)cn1. The van der Waals surface area contributed by atoms with Crippen LogP contribution in [0, 0.1) is 10.1 Å². The zero-order valence-corrected chi connectivity index (χ0v) is 10.2. The molecule has 0 spiro atoms. The Hall–Kier alpha value is -3.03. The molecule has 20 heavy (non-hydrogen) atoms. The van der Waals surface area contributed by atoms with E-state index < -0.39 is 10.9 Å². The smallest absolute Gasteiger partial charge is 0.363 e. The van der Waals surface area contributed by atoms with Gasteiger partial charge in [-0.25, -0.2) is 9.78 Å². The van der Waals surface area contributed by atoms with Crippen molar-refractivity contribution in [3.05, 3.63) is 58.0 Å². The van der Waals surface area contributed by atoms with Crippen molar-refractivity contribution in [1.29, 1.82) is 0 Å². The summed E-state index contributed by atoms with van der Waals surface area (Å²) in [7, 11) is 0. The van der Waals surface area contributed by atoms with Crippen molar-refractivity contribution >= 4 is 17.5 Å². The largest absolute Gasteiger partial charge is 0.477 e. The molecule has 2 aromatic heterocycles. The van der Waals surface area contributed by atoms with E-state index in [9.17, 15) is 14.9 Å². The number of aromatic nitrogens is 2. The van der Waals surface area contributed by atoms with Crippen LogP contribution in [0.4, 0.5) is 11.5 Å². The number of rotatable bonds is 5. The predicted molar refractivity (Wildman–Crippen MR) is 69.4 cm³/mol. The van der Waals surface area contributed by atoms with Gasteiger partial charge in [0.1, 0.15) is 5.69 Å². The van der Waals surface area contributed by atoms with E-state index in [4.69, 9.17) is 5.11 Å². The average molecular weight is 274 g/mol. The molecule has 0 atom stereocenters. The Kier molecular flexibility index (Phi) is 3.85. The fourth-order valence-corrected chi connectivity index (χ4v) is 1.46. The number of nitrogens with zero attached hydrogens (tertiary/aromatic N) is 3. The second kappa shape index (κ2) is 5.74. The molecule has 2 aromatic rings. The number of carbonyl (C=O) groups is 1. The molecule has 102 valence electrons. The molecular formula is C12H10N4O4. The normalized spacial score (nSPS) is 10.0. The summed E-state index contributed by atoms with van der Waals surface area (Å²) in [6, 6.07) is 5.90. The van der Waals surface area contributed by atoms with Gasteiger partial charge in [0.15, 0.2) is 6.20 Å². The van der Waals surface area contributed by atoms with E-state index in [0.717, 1.165) is 5.56 Å². The van der Waals surface area contributed by atoms with Crippen molar-refractivity contribution in [2.45, 2.75) is 6.54 Å². The third kappa shape index (κ3) is 3.25. The molecule has 0 saturated carbocycles. The Balaban J connectivity index is 1.97. The molecule has 0 saturated heterocycles. The van der Waals surface area contributed by atoms with E-state index in [0.29, 0.717) is 12.2 Å². The van der Waals surface area contributed by atoms with E-state index >= 15 is 0 Å². The number of hydrogen-bond acceptors (Lipinski definition) is 6. The standard InChI is InChI=1S/C12H10N4O4/c17-12(18)10-3-1-8(6-14-10)5-13-9-2-4-11(15-7-9)16(19)20/h1-4,6-7,13H,5H2,(H,17,18). The van der Waals surface area contributed by atoms with E-state index in [-0.39, 0.29) is 11.5 Å². The highest BCUT2D eigenvalue weighted by Crippen LogP contribution is 2.12. The number of anilines is 1. The van der Waals surface area contributed by atoms with Gasteiger partial charge in [0, 0.05) is 18.8 Å². The van der Waals surface area contributed by atoms with Crippen molar-refractivity contribution in [3.8, 4) is 0 Å². The van der Waals surface area contributed by atoms with Gasteiger partial charge in [-0.05, 0) is 27.6 Å². The lowest BCUT2D eigenvalue weighted by atomic mass is 10.2. The van der Waals surface area contributed by atoms with Crippen LogP contribution >= 0.6 is 0 Å². The first-order valence-electron chi connectivity index (χ1n) is 5.59. The fraction of sp³-hybridized carbons (Fsp3) is 0.0833. The number of aromatic carboxylic acids is 1. The van der Waals surface area contributed by atoms with Crippen molar-refractivity contribution < 1.29 is 14.8 Å². The van der Waals surface area contributed by atoms with Crippen LogP contribution in [0.2, 0.25) is 0 Å². The van der Waals surface area contributed by atoms with Crippen molar-refractivity contribution in [3.63, 3.8) is 0 Å². The van der Waals surface area contributed by atoms with Crippen LogP contribution < -0.4 is 5.32 Å². The van der Waals surface area contributed by atoms with Gasteiger partial charge in [-0.3, -0.25) is 0 Å². The minimum absolute atomic E-state index is 0.0225. The molecule has 0 unspecified atom stereocenters. The third-order valence-electron chi connectivity index (χ3n) is 2.48. The minimum Gasteiger partial charge on any atom is -0.477 e. The lowest BCUT2D eigenvalue weighted by Gasteiger charge is -2.04. The Morgan fingerprint density at radius 2 is 2.05 bits per heavy atom. The monoisotopic (exact) mass is 274 g/mol. The van der Waals surface area contributed by atoms with Crippen LogP contribution in [0.15, 0.2) is 36.7 Å². The van der Waals surface area contributed by atoms with Gasteiger partial charge < -0.3 is 20.5 Å². The van der Waals surface area contributed by atoms with Gasteiger partial charge in [0.05, 0.1) is 5.69 Å². The van der Waals surface area contributed by atoms with Crippen LogP contribution in [0.5, 0.6) is 0 Å². The highest BCUT2D eigenvalue weighted by molar-refractivity contribution is 5.85. The zero-order valence-electron chi connectivity index (χ0n) is 10.2. The summed E-state index contributed by atoms with van der Waals surface area (Å²) in [5.41, 5.74) is 1.39. The van der Waals surface area contributed by atoms with Gasteiger partial charge in [-0.1, -0.05) is 6.07 Å². The Labute approximate surface area is 113 Å². The quantitative estimate of drug-likeness (QED) is 0.629. The van der Waals surface area contributed by atoms with Gasteiger partial charge in [-0.2, -0.15) is 0 Å². The lowest BCUT2D eigenvalue weighted by Crippen LogP contribution is -2.04. The molecule has 8 heteroatoms. The molecule has 0 aliphatic rings. The molecule has 8 nitrogen and oxygen atoms in total. The van der Waals surface area contributed by atoms with Crippen molar-refractivity contribution in [2.24, 2.45) is 0 Å². The summed E-state index contributed by atoms with van der Waals surface area (Å²) in [5.74, 6) is -1.30. The zero-order chi connectivity index (χ0) is 14.5. The molecule has 2 N–H and O–H groups in total. The number of pyridine rings is 2. The lowest BCUT2D eigenvalue weighted by molar-refractivity contribution is -0.389. The summed E-state index contributed by atoms with van der Waals surface area (Å²) in [4.78, 5) is 28.0. The summed E-state index contributed by atoms with van der Waals surface area (Å²) >= 11 is 0. The molecule has 0 aliphatic heterocycles.